The van der Waals surface area contributed by atoms with Gasteiger partial charge in [-0.05, 0) is 77.3 Å². The number of benzene rings is 3. The lowest BCUT2D eigenvalue weighted by molar-refractivity contribution is 0.0686. The average Bonchev–Trinajstić information content (AvgIpc) is 2.77. The van der Waals surface area contributed by atoms with Gasteiger partial charge in [0.05, 0.1) is 11.1 Å². The van der Waals surface area contributed by atoms with Gasteiger partial charge in [0.25, 0.3) is 0 Å². The first-order valence-electron chi connectivity index (χ1n) is 10.7. The lowest BCUT2D eigenvalue weighted by Crippen LogP contribution is -2.08. The summed E-state index contributed by atoms with van der Waals surface area (Å²) in [4.78, 5) is 24.1. The molecule has 0 unspecified atom stereocenters. The van der Waals surface area contributed by atoms with E-state index in [4.69, 9.17) is 0 Å². The Balaban J connectivity index is 2.52. The molecule has 0 bridgehead atoms. The zero-order valence-electron chi connectivity index (χ0n) is 18.2. The fraction of sp³-hybridized carbons (Fsp3) is 0.259. The van der Waals surface area contributed by atoms with Gasteiger partial charge in [0.15, 0.2) is 0 Å². The highest BCUT2D eigenvalue weighted by atomic mass is 16.4. The summed E-state index contributed by atoms with van der Waals surface area (Å²) in [6.45, 7) is 6.23. The normalized spacial score (nSPS) is 10.8. The van der Waals surface area contributed by atoms with Crippen LogP contribution < -0.4 is 0 Å². The molecule has 160 valence electrons. The first kappa shape index (κ1) is 22.3. The fourth-order valence-electron chi connectivity index (χ4n) is 4.26. The van der Waals surface area contributed by atoms with Crippen molar-refractivity contribution in [3.8, 4) is 22.3 Å². The second-order valence-corrected chi connectivity index (χ2v) is 7.74. The zero-order chi connectivity index (χ0) is 22.5. The third kappa shape index (κ3) is 4.38. The fourth-order valence-corrected chi connectivity index (χ4v) is 4.26. The van der Waals surface area contributed by atoms with Crippen molar-refractivity contribution in [3.63, 3.8) is 0 Å². The van der Waals surface area contributed by atoms with Crippen LogP contribution in [-0.2, 0) is 12.8 Å². The number of aromatic carboxylic acids is 2. The number of carboxylic acids is 2. The van der Waals surface area contributed by atoms with Crippen LogP contribution in [-0.4, -0.2) is 22.2 Å². The highest BCUT2D eigenvalue weighted by Crippen LogP contribution is 2.42. The summed E-state index contributed by atoms with van der Waals surface area (Å²) in [5.41, 5.74) is 6.58. The summed E-state index contributed by atoms with van der Waals surface area (Å²) in [5, 5.41) is 19.8. The molecule has 0 atom stereocenters. The minimum absolute atomic E-state index is 0.219. The summed E-state index contributed by atoms with van der Waals surface area (Å²) in [5.74, 6) is -1.99. The van der Waals surface area contributed by atoms with Crippen LogP contribution in [0.5, 0.6) is 0 Å². The Morgan fingerprint density at radius 3 is 1.81 bits per heavy atom. The summed E-state index contributed by atoms with van der Waals surface area (Å²) in [6.07, 6.45) is 3.49. The average molecular weight is 417 g/mol. The van der Waals surface area contributed by atoms with Gasteiger partial charge in [-0.1, -0.05) is 62.7 Å². The zero-order valence-corrected chi connectivity index (χ0v) is 18.2. The molecule has 3 aromatic carbocycles. The molecule has 0 radical (unpaired) electrons. The number of carbonyl (C=O) groups is 2. The molecule has 0 aliphatic carbocycles. The predicted molar refractivity (Wildman–Crippen MR) is 124 cm³/mol. The van der Waals surface area contributed by atoms with Crippen LogP contribution in [0.3, 0.4) is 0 Å². The number of hydrogen-bond donors (Lipinski definition) is 2. The second-order valence-electron chi connectivity index (χ2n) is 7.74. The van der Waals surface area contributed by atoms with E-state index in [-0.39, 0.29) is 11.1 Å². The molecule has 0 saturated heterocycles. The number of rotatable bonds is 8. The van der Waals surface area contributed by atoms with Gasteiger partial charge in [-0.25, -0.2) is 9.59 Å². The maximum atomic E-state index is 12.1. The lowest BCUT2D eigenvalue weighted by Gasteiger charge is -2.23. The van der Waals surface area contributed by atoms with E-state index in [1.54, 1.807) is 24.3 Å². The molecule has 3 rings (SSSR count). The van der Waals surface area contributed by atoms with Crippen molar-refractivity contribution >= 4 is 11.9 Å². The van der Waals surface area contributed by atoms with E-state index in [1.165, 1.54) is 0 Å². The van der Waals surface area contributed by atoms with Crippen molar-refractivity contribution in [2.75, 3.05) is 0 Å². The molecule has 2 N–H and O–H groups in total. The smallest absolute Gasteiger partial charge is 0.336 e. The van der Waals surface area contributed by atoms with Gasteiger partial charge >= 0.3 is 11.9 Å². The van der Waals surface area contributed by atoms with Crippen molar-refractivity contribution in [3.05, 3.63) is 82.4 Å². The van der Waals surface area contributed by atoms with Crippen LogP contribution in [0.2, 0.25) is 0 Å². The summed E-state index contributed by atoms with van der Waals surface area (Å²) >= 11 is 0. The molecule has 0 aromatic heterocycles. The summed E-state index contributed by atoms with van der Waals surface area (Å²) in [7, 11) is 0. The molecule has 0 spiro atoms. The Morgan fingerprint density at radius 1 is 0.806 bits per heavy atom. The lowest BCUT2D eigenvalue weighted by atomic mass is 9.80. The predicted octanol–water partition coefficient (Wildman–Crippen LogP) is 6.63. The van der Waals surface area contributed by atoms with E-state index in [0.29, 0.717) is 17.5 Å². The topological polar surface area (TPSA) is 74.6 Å². The van der Waals surface area contributed by atoms with Crippen LogP contribution in [0, 0.1) is 6.92 Å². The second kappa shape index (κ2) is 9.61. The molecule has 0 fully saturated rings. The molecule has 0 saturated carbocycles. The van der Waals surface area contributed by atoms with E-state index < -0.39 is 11.9 Å². The highest BCUT2D eigenvalue weighted by Gasteiger charge is 2.24. The molecule has 0 amide bonds. The minimum atomic E-state index is -0.995. The van der Waals surface area contributed by atoms with Crippen LogP contribution in [0.1, 0.15) is 64.1 Å². The molecule has 3 aromatic rings. The third-order valence-electron chi connectivity index (χ3n) is 5.75. The van der Waals surface area contributed by atoms with Crippen molar-refractivity contribution in [1.29, 1.82) is 0 Å². The summed E-state index contributed by atoms with van der Waals surface area (Å²) < 4.78 is 0. The van der Waals surface area contributed by atoms with Crippen LogP contribution >= 0.6 is 0 Å². The van der Waals surface area contributed by atoms with Gasteiger partial charge in [-0.15, -0.1) is 0 Å². The monoisotopic (exact) mass is 416 g/mol. The molecule has 0 aliphatic rings. The largest absolute Gasteiger partial charge is 0.478 e. The van der Waals surface area contributed by atoms with Gasteiger partial charge in [0, 0.05) is 0 Å². The van der Waals surface area contributed by atoms with Gasteiger partial charge in [-0.2, -0.15) is 0 Å². The Bertz CT molecular complexity index is 1130. The molecule has 4 nitrogen and oxygen atoms in total. The maximum absolute atomic E-state index is 12.1. The number of carboxylic acid groups (broad SMARTS) is 2. The van der Waals surface area contributed by atoms with Crippen molar-refractivity contribution in [1.82, 2.24) is 0 Å². The Morgan fingerprint density at radius 2 is 1.32 bits per heavy atom. The van der Waals surface area contributed by atoms with E-state index in [9.17, 15) is 19.8 Å². The number of unbranched alkanes of at least 4 members (excludes halogenated alkanes) is 1. The SMILES string of the molecule is CCCCc1c(C)cc(CC)c(-c2ccccc2C(=O)O)c1-c1ccccc1C(=O)O. The third-order valence-corrected chi connectivity index (χ3v) is 5.75. The standard InChI is InChI=1S/C27H28O4/c1-4-6-11-19-17(3)16-18(5-2)24(20-12-7-9-14-22(20)26(28)29)25(19)21-13-8-10-15-23(21)27(30)31/h7-10,12-16H,4-6,11H2,1-3H3,(H,28,29)(H,30,31). The molecule has 0 aliphatic heterocycles. The van der Waals surface area contributed by atoms with E-state index in [1.807, 2.05) is 31.2 Å². The van der Waals surface area contributed by atoms with Gasteiger partial charge in [0.1, 0.15) is 0 Å². The first-order chi connectivity index (χ1) is 14.9. The van der Waals surface area contributed by atoms with Gasteiger partial charge < -0.3 is 10.2 Å². The number of hydrogen-bond acceptors (Lipinski definition) is 2. The van der Waals surface area contributed by atoms with Crippen LogP contribution in [0.4, 0.5) is 0 Å². The van der Waals surface area contributed by atoms with Gasteiger partial charge in [-0.3, -0.25) is 0 Å². The summed E-state index contributed by atoms with van der Waals surface area (Å²) in [6, 6.07) is 16.1. The highest BCUT2D eigenvalue weighted by molar-refractivity contribution is 6.04. The molecule has 31 heavy (non-hydrogen) atoms. The quantitative estimate of drug-likeness (QED) is 0.432. The van der Waals surface area contributed by atoms with E-state index in [0.717, 1.165) is 47.1 Å². The molecular weight excluding hydrogens is 388 g/mol. The van der Waals surface area contributed by atoms with Crippen molar-refractivity contribution < 1.29 is 19.8 Å². The van der Waals surface area contributed by atoms with Crippen LogP contribution in [0.25, 0.3) is 22.3 Å². The van der Waals surface area contributed by atoms with Crippen molar-refractivity contribution in [2.24, 2.45) is 0 Å². The Labute approximate surface area is 183 Å². The van der Waals surface area contributed by atoms with E-state index in [2.05, 4.69) is 19.9 Å². The molecule has 4 heteroatoms. The first-order valence-corrected chi connectivity index (χ1v) is 10.7. The minimum Gasteiger partial charge on any atom is -0.478 e. The van der Waals surface area contributed by atoms with Crippen LogP contribution in [0.15, 0.2) is 54.6 Å². The van der Waals surface area contributed by atoms with Crippen molar-refractivity contribution in [2.45, 2.75) is 46.5 Å². The Hall–Kier alpha value is -3.40. The maximum Gasteiger partial charge on any atom is 0.336 e. The Kier molecular flexibility index (Phi) is 6.91. The van der Waals surface area contributed by atoms with Gasteiger partial charge in [0.2, 0.25) is 0 Å². The number of aryl methyl sites for hydroxylation is 2. The van der Waals surface area contributed by atoms with E-state index >= 15 is 0 Å². The molecular formula is C27H28O4. The molecule has 0 heterocycles.